The number of hydrogen-bond acceptors (Lipinski definition) is 5. The third-order valence-corrected chi connectivity index (χ3v) is 3.35. The lowest BCUT2D eigenvalue weighted by molar-refractivity contribution is -0.278. The summed E-state index contributed by atoms with van der Waals surface area (Å²) in [4.78, 5) is 23.9. The Labute approximate surface area is 136 Å². The Bertz CT molecular complexity index is 666. The van der Waals surface area contributed by atoms with Crippen LogP contribution in [0.3, 0.4) is 0 Å². The third-order valence-electron chi connectivity index (χ3n) is 3.35. The summed E-state index contributed by atoms with van der Waals surface area (Å²) in [6.45, 7) is 2.70. The van der Waals surface area contributed by atoms with Crippen molar-refractivity contribution in [3.05, 3.63) is 47.2 Å². The van der Waals surface area contributed by atoms with Crippen molar-refractivity contribution >= 4 is 11.9 Å². The summed E-state index contributed by atoms with van der Waals surface area (Å²) in [7, 11) is 0. The summed E-state index contributed by atoms with van der Waals surface area (Å²) in [5.41, 5.74) is -4.28. The number of carbonyl (C=O) groups excluding carboxylic acids is 2. The molecule has 1 unspecified atom stereocenters. The first-order valence-corrected chi connectivity index (χ1v) is 7.19. The van der Waals surface area contributed by atoms with E-state index in [-0.39, 0.29) is 18.8 Å². The molecule has 8 heteroatoms. The smallest absolute Gasteiger partial charge is 0.437 e. The van der Waals surface area contributed by atoms with E-state index in [2.05, 4.69) is 4.74 Å². The van der Waals surface area contributed by atoms with Crippen LogP contribution in [0.4, 0.5) is 13.2 Å². The molecule has 1 aliphatic heterocycles. The Balaban J connectivity index is 2.64. The van der Waals surface area contributed by atoms with Gasteiger partial charge in [-0.25, -0.2) is 9.59 Å². The molecule has 1 aliphatic rings. The van der Waals surface area contributed by atoms with E-state index in [0.29, 0.717) is 0 Å². The van der Waals surface area contributed by atoms with E-state index in [1.54, 1.807) is 0 Å². The molecule has 0 saturated heterocycles. The molecule has 130 valence electrons. The second-order valence-corrected chi connectivity index (χ2v) is 4.79. The van der Waals surface area contributed by atoms with Crippen LogP contribution >= 0.6 is 0 Å². The molecule has 1 aromatic carbocycles. The van der Waals surface area contributed by atoms with Crippen LogP contribution in [0, 0.1) is 0 Å². The number of hydrogen-bond donors (Lipinski definition) is 0. The number of ether oxygens (including phenoxy) is 3. The van der Waals surface area contributed by atoms with Gasteiger partial charge in [0.05, 0.1) is 13.2 Å². The SMILES string of the molecule is CCOC(=O)C1=C(C(=O)OCC)C(c2ccccc2)(C(F)(F)F)O1. The van der Waals surface area contributed by atoms with E-state index in [0.717, 1.165) is 12.1 Å². The highest BCUT2D eigenvalue weighted by atomic mass is 19.4. The average Bonchev–Trinajstić information content (AvgIpc) is 2.46. The Morgan fingerprint density at radius 3 is 2.08 bits per heavy atom. The van der Waals surface area contributed by atoms with Gasteiger partial charge in [0.1, 0.15) is 5.57 Å². The molecule has 0 amide bonds. The quantitative estimate of drug-likeness (QED) is 0.769. The summed E-state index contributed by atoms with van der Waals surface area (Å²) >= 11 is 0. The summed E-state index contributed by atoms with van der Waals surface area (Å²) in [6, 6.07) is 6.59. The van der Waals surface area contributed by atoms with Gasteiger partial charge in [0.25, 0.3) is 5.60 Å². The maximum Gasteiger partial charge on any atom is 0.437 e. The summed E-state index contributed by atoms with van der Waals surface area (Å²) in [5.74, 6) is -3.19. The molecule has 2 rings (SSSR count). The molecule has 5 nitrogen and oxygen atoms in total. The van der Waals surface area contributed by atoms with Crippen LogP contribution in [-0.2, 0) is 29.4 Å². The molecule has 0 bridgehead atoms. The monoisotopic (exact) mass is 344 g/mol. The molecule has 1 heterocycles. The minimum Gasteiger partial charge on any atom is -0.462 e. The van der Waals surface area contributed by atoms with Gasteiger partial charge in [-0.2, -0.15) is 13.2 Å². The fourth-order valence-electron chi connectivity index (χ4n) is 2.39. The van der Waals surface area contributed by atoms with Gasteiger partial charge in [0, 0.05) is 5.56 Å². The lowest BCUT2D eigenvalue weighted by atomic mass is 9.80. The molecule has 0 radical (unpaired) electrons. The number of esters is 2. The highest BCUT2D eigenvalue weighted by molar-refractivity contribution is 6.03. The van der Waals surface area contributed by atoms with Crippen molar-refractivity contribution in [1.82, 2.24) is 0 Å². The lowest BCUT2D eigenvalue weighted by Gasteiger charge is -2.44. The van der Waals surface area contributed by atoms with Gasteiger partial charge in [-0.3, -0.25) is 0 Å². The number of alkyl halides is 3. The van der Waals surface area contributed by atoms with Gasteiger partial charge in [0.2, 0.25) is 5.76 Å². The van der Waals surface area contributed by atoms with Crippen molar-refractivity contribution in [2.75, 3.05) is 13.2 Å². The zero-order valence-electron chi connectivity index (χ0n) is 13.0. The molecule has 0 aliphatic carbocycles. The molecule has 0 spiro atoms. The molecular formula is C16H15F3O5. The molecule has 1 aromatic rings. The van der Waals surface area contributed by atoms with Crippen LogP contribution in [0.1, 0.15) is 19.4 Å². The lowest BCUT2D eigenvalue weighted by Crippen LogP contribution is -2.56. The van der Waals surface area contributed by atoms with Crippen LogP contribution in [0.5, 0.6) is 0 Å². The first kappa shape index (κ1) is 17.8. The number of halogens is 3. The molecule has 1 atom stereocenters. The fraction of sp³-hybridized carbons (Fsp3) is 0.375. The molecule has 0 aromatic heterocycles. The van der Waals surface area contributed by atoms with Gasteiger partial charge in [-0.15, -0.1) is 0 Å². The van der Waals surface area contributed by atoms with Crippen LogP contribution in [-0.4, -0.2) is 31.3 Å². The second-order valence-electron chi connectivity index (χ2n) is 4.79. The Hall–Kier alpha value is -2.51. The maximum absolute atomic E-state index is 13.8. The van der Waals surface area contributed by atoms with Crippen molar-refractivity contribution in [2.24, 2.45) is 0 Å². The number of rotatable bonds is 5. The summed E-state index contributed by atoms with van der Waals surface area (Å²) in [6.07, 6.45) is -4.98. The van der Waals surface area contributed by atoms with E-state index in [1.165, 1.54) is 32.0 Å². The van der Waals surface area contributed by atoms with Gasteiger partial charge in [-0.1, -0.05) is 30.3 Å². The minimum absolute atomic E-state index is 0.0772. The highest BCUT2D eigenvalue weighted by Crippen LogP contribution is 2.56. The van der Waals surface area contributed by atoms with Crippen molar-refractivity contribution in [1.29, 1.82) is 0 Å². The standard InChI is InChI=1S/C16H15F3O5/c1-3-22-13(20)11-12(14(21)23-4-2)24-15(11,16(17,18)19)10-8-6-5-7-9-10/h5-9H,3-4H2,1-2H3. The molecular weight excluding hydrogens is 329 g/mol. The Morgan fingerprint density at radius 2 is 1.58 bits per heavy atom. The zero-order chi connectivity index (χ0) is 18.0. The van der Waals surface area contributed by atoms with Crippen molar-refractivity contribution in [3.63, 3.8) is 0 Å². The molecule has 0 fully saturated rings. The van der Waals surface area contributed by atoms with Gasteiger partial charge < -0.3 is 14.2 Å². The van der Waals surface area contributed by atoms with E-state index in [4.69, 9.17) is 9.47 Å². The zero-order valence-corrected chi connectivity index (χ0v) is 13.0. The molecule has 24 heavy (non-hydrogen) atoms. The minimum atomic E-state index is -4.98. The first-order chi connectivity index (χ1) is 11.3. The van der Waals surface area contributed by atoms with Crippen LogP contribution in [0.15, 0.2) is 41.7 Å². The topological polar surface area (TPSA) is 61.8 Å². The average molecular weight is 344 g/mol. The van der Waals surface area contributed by atoms with E-state index in [9.17, 15) is 22.8 Å². The van der Waals surface area contributed by atoms with Gasteiger partial charge in [0.15, 0.2) is 0 Å². The van der Waals surface area contributed by atoms with Gasteiger partial charge in [-0.05, 0) is 13.8 Å². The van der Waals surface area contributed by atoms with E-state index in [1.807, 2.05) is 0 Å². The largest absolute Gasteiger partial charge is 0.462 e. The van der Waals surface area contributed by atoms with Crippen molar-refractivity contribution in [3.8, 4) is 0 Å². The first-order valence-electron chi connectivity index (χ1n) is 7.19. The Morgan fingerprint density at radius 1 is 1.04 bits per heavy atom. The third kappa shape index (κ3) is 2.72. The van der Waals surface area contributed by atoms with Gasteiger partial charge >= 0.3 is 18.1 Å². The number of carbonyl (C=O) groups is 2. The normalized spacial score (nSPS) is 20.0. The summed E-state index contributed by atoms with van der Waals surface area (Å²) < 4.78 is 55.6. The Kier molecular flexibility index (Phi) is 4.86. The van der Waals surface area contributed by atoms with Crippen LogP contribution < -0.4 is 0 Å². The van der Waals surface area contributed by atoms with Crippen LogP contribution in [0.25, 0.3) is 0 Å². The second kappa shape index (κ2) is 6.54. The van der Waals surface area contributed by atoms with E-state index >= 15 is 0 Å². The number of benzene rings is 1. The summed E-state index contributed by atoms with van der Waals surface area (Å²) in [5, 5.41) is 0. The van der Waals surface area contributed by atoms with E-state index < -0.39 is 35.0 Å². The van der Waals surface area contributed by atoms with Crippen LogP contribution in [0.2, 0.25) is 0 Å². The maximum atomic E-state index is 13.8. The predicted octanol–water partition coefficient (Wildman–Crippen LogP) is 2.85. The highest BCUT2D eigenvalue weighted by Gasteiger charge is 2.71. The van der Waals surface area contributed by atoms with Crippen molar-refractivity contribution in [2.45, 2.75) is 25.6 Å². The fourth-order valence-corrected chi connectivity index (χ4v) is 2.39. The predicted molar refractivity (Wildman–Crippen MR) is 75.6 cm³/mol. The molecule has 0 N–H and O–H groups in total. The van der Waals surface area contributed by atoms with Crippen molar-refractivity contribution < 1.29 is 37.0 Å². The molecule has 0 saturated carbocycles.